The standard InChI is InChI=1S/C14H16FN3/c15-12-6-10(16)7-14-11(12)8-13(17-18-14)9-4-2-1-3-5-9/h6-9H,1-5,16H2. The van der Waals surface area contributed by atoms with Crippen LogP contribution in [0.3, 0.4) is 0 Å². The number of halogens is 1. The van der Waals surface area contributed by atoms with E-state index in [0.717, 1.165) is 18.5 Å². The third-order valence-electron chi connectivity index (χ3n) is 3.72. The second kappa shape index (κ2) is 4.52. The van der Waals surface area contributed by atoms with Gasteiger partial charge in [0.1, 0.15) is 5.82 Å². The van der Waals surface area contributed by atoms with Gasteiger partial charge in [0.2, 0.25) is 0 Å². The molecule has 1 saturated carbocycles. The van der Waals surface area contributed by atoms with Crippen LogP contribution >= 0.6 is 0 Å². The van der Waals surface area contributed by atoms with Crippen LogP contribution < -0.4 is 5.73 Å². The van der Waals surface area contributed by atoms with E-state index in [1.807, 2.05) is 6.07 Å². The number of rotatable bonds is 1. The number of aromatic nitrogens is 2. The molecule has 0 bridgehead atoms. The van der Waals surface area contributed by atoms with Crippen molar-refractivity contribution in [3.63, 3.8) is 0 Å². The lowest BCUT2D eigenvalue weighted by Gasteiger charge is -2.20. The van der Waals surface area contributed by atoms with E-state index in [0.29, 0.717) is 22.5 Å². The van der Waals surface area contributed by atoms with Gasteiger partial charge in [-0.05, 0) is 31.0 Å². The van der Waals surface area contributed by atoms with Crippen LogP contribution in [0.25, 0.3) is 10.9 Å². The second-order valence-electron chi connectivity index (χ2n) is 5.04. The molecular formula is C14H16FN3. The summed E-state index contributed by atoms with van der Waals surface area (Å²) >= 11 is 0. The molecule has 0 atom stereocenters. The Hall–Kier alpha value is -1.71. The highest BCUT2D eigenvalue weighted by Gasteiger charge is 2.18. The second-order valence-corrected chi connectivity index (χ2v) is 5.04. The molecule has 0 saturated heterocycles. The van der Waals surface area contributed by atoms with Gasteiger partial charge in [-0.15, -0.1) is 0 Å². The first-order chi connectivity index (χ1) is 8.74. The van der Waals surface area contributed by atoms with Gasteiger partial charge in [-0.3, -0.25) is 0 Å². The van der Waals surface area contributed by atoms with Crippen molar-refractivity contribution in [2.24, 2.45) is 0 Å². The molecule has 2 aromatic rings. The number of anilines is 1. The molecule has 1 aliphatic rings. The molecule has 4 heteroatoms. The summed E-state index contributed by atoms with van der Waals surface area (Å²) in [5.41, 5.74) is 7.44. The van der Waals surface area contributed by atoms with E-state index >= 15 is 0 Å². The summed E-state index contributed by atoms with van der Waals surface area (Å²) in [4.78, 5) is 0. The first-order valence-corrected chi connectivity index (χ1v) is 6.46. The quantitative estimate of drug-likeness (QED) is 0.783. The van der Waals surface area contributed by atoms with Gasteiger partial charge < -0.3 is 5.73 Å². The number of hydrogen-bond acceptors (Lipinski definition) is 3. The first-order valence-electron chi connectivity index (χ1n) is 6.46. The number of hydrogen-bond donors (Lipinski definition) is 1. The van der Waals surface area contributed by atoms with Crippen molar-refractivity contribution >= 4 is 16.6 Å². The molecule has 0 spiro atoms. The van der Waals surface area contributed by atoms with E-state index in [1.54, 1.807) is 6.07 Å². The molecule has 18 heavy (non-hydrogen) atoms. The highest BCUT2D eigenvalue weighted by atomic mass is 19.1. The van der Waals surface area contributed by atoms with Crippen molar-refractivity contribution < 1.29 is 4.39 Å². The summed E-state index contributed by atoms with van der Waals surface area (Å²) in [6.45, 7) is 0. The Kier molecular flexibility index (Phi) is 2.86. The summed E-state index contributed by atoms with van der Waals surface area (Å²) in [7, 11) is 0. The van der Waals surface area contributed by atoms with Crippen molar-refractivity contribution in [1.29, 1.82) is 0 Å². The molecule has 3 rings (SSSR count). The fraction of sp³-hybridized carbons (Fsp3) is 0.429. The van der Waals surface area contributed by atoms with Gasteiger partial charge in [0.25, 0.3) is 0 Å². The van der Waals surface area contributed by atoms with Gasteiger partial charge in [0, 0.05) is 17.0 Å². The summed E-state index contributed by atoms with van der Waals surface area (Å²) in [6.07, 6.45) is 6.03. The molecule has 1 heterocycles. The minimum absolute atomic E-state index is 0.308. The summed E-state index contributed by atoms with van der Waals surface area (Å²) in [6, 6.07) is 4.85. The van der Waals surface area contributed by atoms with Crippen molar-refractivity contribution in [1.82, 2.24) is 10.2 Å². The maximum absolute atomic E-state index is 13.8. The van der Waals surface area contributed by atoms with Gasteiger partial charge >= 0.3 is 0 Å². The van der Waals surface area contributed by atoms with Gasteiger partial charge in [-0.2, -0.15) is 10.2 Å². The van der Waals surface area contributed by atoms with Crippen LogP contribution in [0.2, 0.25) is 0 Å². The third kappa shape index (κ3) is 2.03. The maximum Gasteiger partial charge on any atom is 0.134 e. The molecule has 0 aliphatic heterocycles. The molecule has 0 radical (unpaired) electrons. The predicted octanol–water partition coefficient (Wildman–Crippen LogP) is 3.40. The first kappa shape index (κ1) is 11.4. The molecule has 1 aromatic carbocycles. The Balaban J connectivity index is 2.04. The van der Waals surface area contributed by atoms with Crippen molar-refractivity contribution in [2.75, 3.05) is 5.73 Å². The average molecular weight is 245 g/mol. The largest absolute Gasteiger partial charge is 0.399 e. The molecule has 0 amide bonds. The number of nitrogen functional groups attached to an aromatic ring is 1. The molecule has 3 nitrogen and oxygen atoms in total. The van der Waals surface area contributed by atoms with Crippen LogP contribution in [0.4, 0.5) is 10.1 Å². The molecule has 0 unspecified atom stereocenters. The molecular weight excluding hydrogens is 229 g/mol. The molecule has 1 aliphatic carbocycles. The number of benzene rings is 1. The fourth-order valence-electron chi connectivity index (χ4n) is 2.74. The van der Waals surface area contributed by atoms with E-state index in [4.69, 9.17) is 5.73 Å². The molecule has 1 aromatic heterocycles. The minimum atomic E-state index is -0.308. The lowest BCUT2D eigenvalue weighted by molar-refractivity contribution is 0.434. The average Bonchev–Trinajstić information content (AvgIpc) is 2.39. The third-order valence-corrected chi connectivity index (χ3v) is 3.72. The van der Waals surface area contributed by atoms with Crippen LogP contribution in [0.15, 0.2) is 18.2 Å². The zero-order valence-electron chi connectivity index (χ0n) is 10.2. The van der Waals surface area contributed by atoms with Crippen LogP contribution in [-0.2, 0) is 0 Å². The number of nitrogens with zero attached hydrogens (tertiary/aromatic N) is 2. The summed E-state index contributed by atoms with van der Waals surface area (Å²) < 4.78 is 13.8. The van der Waals surface area contributed by atoms with Crippen molar-refractivity contribution in [2.45, 2.75) is 38.0 Å². The monoisotopic (exact) mass is 245 g/mol. The van der Waals surface area contributed by atoms with Crippen LogP contribution in [0.5, 0.6) is 0 Å². The topological polar surface area (TPSA) is 51.8 Å². The highest BCUT2D eigenvalue weighted by molar-refractivity contribution is 5.82. The zero-order valence-corrected chi connectivity index (χ0v) is 10.2. The smallest absolute Gasteiger partial charge is 0.134 e. The van der Waals surface area contributed by atoms with E-state index in [9.17, 15) is 4.39 Å². The van der Waals surface area contributed by atoms with Crippen molar-refractivity contribution in [3.05, 3.63) is 29.7 Å². The Labute approximate surface area is 105 Å². The van der Waals surface area contributed by atoms with Crippen LogP contribution in [0, 0.1) is 5.82 Å². The molecule has 2 N–H and O–H groups in total. The van der Waals surface area contributed by atoms with E-state index < -0.39 is 0 Å². The summed E-state index contributed by atoms with van der Waals surface area (Å²) in [5, 5.41) is 8.88. The van der Waals surface area contributed by atoms with Crippen molar-refractivity contribution in [3.8, 4) is 0 Å². The van der Waals surface area contributed by atoms with E-state index in [-0.39, 0.29) is 5.82 Å². The number of nitrogens with two attached hydrogens (primary N) is 1. The SMILES string of the molecule is Nc1cc(F)c2cc(C3CCCCC3)nnc2c1. The maximum atomic E-state index is 13.8. The lowest BCUT2D eigenvalue weighted by Crippen LogP contribution is -2.07. The van der Waals surface area contributed by atoms with Gasteiger partial charge in [-0.25, -0.2) is 4.39 Å². The molecule has 94 valence electrons. The highest BCUT2D eigenvalue weighted by Crippen LogP contribution is 2.32. The van der Waals surface area contributed by atoms with Gasteiger partial charge in [0.05, 0.1) is 11.2 Å². The van der Waals surface area contributed by atoms with E-state index in [1.165, 1.54) is 25.3 Å². The fourth-order valence-corrected chi connectivity index (χ4v) is 2.74. The van der Waals surface area contributed by atoms with Crippen LogP contribution in [0.1, 0.15) is 43.7 Å². The predicted molar refractivity (Wildman–Crippen MR) is 69.7 cm³/mol. The summed E-state index contributed by atoms with van der Waals surface area (Å²) in [5.74, 6) is 0.129. The minimum Gasteiger partial charge on any atom is -0.399 e. The Morgan fingerprint density at radius 3 is 2.61 bits per heavy atom. The molecule has 1 fully saturated rings. The lowest BCUT2D eigenvalue weighted by atomic mass is 9.86. The Bertz CT molecular complexity index is 577. The van der Waals surface area contributed by atoms with E-state index in [2.05, 4.69) is 10.2 Å². The van der Waals surface area contributed by atoms with Gasteiger partial charge in [0.15, 0.2) is 0 Å². The Morgan fingerprint density at radius 1 is 1.06 bits per heavy atom. The number of fused-ring (bicyclic) bond motifs is 1. The van der Waals surface area contributed by atoms with Gasteiger partial charge in [-0.1, -0.05) is 19.3 Å². The Morgan fingerprint density at radius 2 is 1.83 bits per heavy atom. The van der Waals surface area contributed by atoms with Crippen LogP contribution in [-0.4, -0.2) is 10.2 Å². The zero-order chi connectivity index (χ0) is 12.5. The normalized spacial score (nSPS) is 17.2.